The molecule has 3 rings (SSSR count). The van der Waals surface area contributed by atoms with Gasteiger partial charge in [0.1, 0.15) is 0 Å². The zero-order valence-corrected chi connectivity index (χ0v) is 14.4. The number of halogens is 6. The fourth-order valence-corrected chi connectivity index (χ4v) is 3.49. The van der Waals surface area contributed by atoms with Crippen molar-refractivity contribution in [3.05, 3.63) is 70.8 Å². The summed E-state index contributed by atoms with van der Waals surface area (Å²) in [6.45, 7) is 1.22. The fraction of sp³-hybridized carbons (Fsp3) is 0.400. The van der Waals surface area contributed by atoms with Crippen molar-refractivity contribution in [2.24, 2.45) is 0 Å². The van der Waals surface area contributed by atoms with Gasteiger partial charge in [0.25, 0.3) is 0 Å². The van der Waals surface area contributed by atoms with Crippen LogP contribution in [0.5, 0.6) is 0 Å². The first-order chi connectivity index (χ1) is 12.6. The van der Waals surface area contributed by atoms with Gasteiger partial charge in [0.15, 0.2) is 0 Å². The number of rotatable bonds is 3. The van der Waals surface area contributed by atoms with Crippen molar-refractivity contribution >= 4 is 0 Å². The second-order valence-electron chi connectivity index (χ2n) is 6.80. The molecular formula is C20H19F6N. The van der Waals surface area contributed by atoms with Crippen LogP contribution in [0.1, 0.15) is 47.6 Å². The lowest BCUT2D eigenvalue weighted by atomic mass is 9.94. The Bertz CT molecular complexity index is 746. The molecule has 2 aromatic carbocycles. The van der Waals surface area contributed by atoms with E-state index in [1.807, 2.05) is 0 Å². The molecule has 1 atom stereocenters. The van der Waals surface area contributed by atoms with Crippen LogP contribution in [0.2, 0.25) is 0 Å². The van der Waals surface area contributed by atoms with Gasteiger partial charge in [0.05, 0.1) is 11.1 Å². The van der Waals surface area contributed by atoms with E-state index in [4.69, 9.17) is 0 Å². The highest BCUT2D eigenvalue weighted by atomic mass is 19.4. The van der Waals surface area contributed by atoms with Gasteiger partial charge in [0, 0.05) is 12.6 Å². The summed E-state index contributed by atoms with van der Waals surface area (Å²) in [5.74, 6) is 0. The van der Waals surface area contributed by atoms with Crippen LogP contribution < -0.4 is 0 Å². The summed E-state index contributed by atoms with van der Waals surface area (Å²) < 4.78 is 76.3. The molecule has 1 nitrogen and oxygen atoms in total. The average Bonchev–Trinajstić information content (AvgIpc) is 2.61. The van der Waals surface area contributed by atoms with Gasteiger partial charge in [-0.25, -0.2) is 0 Å². The van der Waals surface area contributed by atoms with Gasteiger partial charge >= 0.3 is 12.4 Å². The zero-order valence-electron chi connectivity index (χ0n) is 14.4. The molecule has 0 amide bonds. The normalized spacial score (nSPS) is 19.3. The van der Waals surface area contributed by atoms with Crippen LogP contribution in [0, 0.1) is 0 Å². The number of hydrogen-bond acceptors (Lipinski definition) is 1. The van der Waals surface area contributed by atoms with Gasteiger partial charge in [-0.2, -0.15) is 26.3 Å². The minimum absolute atomic E-state index is 0.0386. The molecule has 1 aliphatic heterocycles. The third kappa shape index (κ3) is 4.83. The second kappa shape index (κ2) is 7.54. The molecule has 0 radical (unpaired) electrons. The Morgan fingerprint density at radius 2 is 1.26 bits per heavy atom. The van der Waals surface area contributed by atoms with Crippen molar-refractivity contribution in [1.82, 2.24) is 4.90 Å². The van der Waals surface area contributed by atoms with Gasteiger partial charge in [-0.15, -0.1) is 0 Å². The summed E-state index contributed by atoms with van der Waals surface area (Å²) in [7, 11) is 0. The van der Waals surface area contributed by atoms with Crippen LogP contribution in [0.3, 0.4) is 0 Å². The SMILES string of the molecule is FC(F)(F)c1ccc(CN2CCCCC2c2ccc(C(F)(F)F)cc2)cc1. The van der Waals surface area contributed by atoms with E-state index in [1.54, 1.807) is 0 Å². The lowest BCUT2D eigenvalue weighted by Gasteiger charge is -2.36. The van der Waals surface area contributed by atoms with Crippen molar-refractivity contribution in [2.75, 3.05) is 6.54 Å². The summed E-state index contributed by atoms with van der Waals surface area (Å²) in [6, 6.07) is 10.2. The molecule has 0 bridgehead atoms. The molecule has 1 saturated heterocycles. The molecule has 2 aromatic rings. The maximum atomic E-state index is 12.8. The highest BCUT2D eigenvalue weighted by molar-refractivity contribution is 5.28. The van der Waals surface area contributed by atoms with Crippen LogP contribution in [-0.2, 0) is 18.9 Å². The molecule has 1 aliphatic rings. The molecule has 0 aliphatic carbocycles. The monoisotopic (exact) mass is 387 g/mol. The summed E-state index contributed by atoms with van der Waals surface area (Å²) in [6.07, 6.45) is -6.00. The minimum Gasteiger partial charge on any atom is -0.292 e. The summed E-state index contributed by atoms with van der Waals surface area (Å²) in [4.78, 5) is 2.12. The van der Waals surface area contributed by atoms with E-state index in [1.165, 1.54) is 24.3 Å². The van der Waals surface area contributed by atoms with Gasteiger partial charge < -0.3 is 0 Å². The molecule has 0 spiro atoms. The van der Waals surface area contributed by atoms with Crippen LogP contribution in [0.25, 0.3) is 0 Å². The average molecular weight is 387 g/mol. The molecular weight excluding hydrogens is 368 g/mol. The smallest absolute Gasteiger partial charge is 0.292 e. The first-order valence-corrected chi connectivity index (χ1v) is 8.72. The number of alkyl halides is 6. The predicted octanol–water partition coefficient (Wildman–Crippen LogP) is 6.45. The fourth-order valence-electron chi connectivity index (χ4n) is 3.49. The van der Waals surface area contributed by atoms with E-state index < -0.39 is 23.5 Å². The Balaban J connectivity index is 1.75. The lowest BCUT2D eigenvalue weighted by molar-refractivity contribution is -0.138. The Morgan fingerprint density at radius 3 is 1.78 bits per heavy atom. The van der Waals surface area contributed by atoms with Gasteiger partial charge in [0.2, 0.25) is 0 Å². The molecule has 7 heteroatoms. The molecule has 0 saturated carbocycles. The quantitative estimate of drug-likeness (QED) is 0.547. The summed E-state index contributed by atoms with van der Waals surface area (Å²) >= 11 is 0. The molecule has 1 fully saturated rings. The van der Waals surface area contributed by atoms with E-state index in [0.29, 0.717) is 6.54 Å². The molecule has 1 unspecified atom stereocenters. The van der Waals surface area contributed by atoms with Crippen LogP contribution in [-0.4, -0.2) is 11.4 Å². The maximum absolute atomic E-state index is 12.8. The first-order valence-electron chi connectivity index (χ1n) is 8.72. The van der Waals surface area contributed by atoms with E-state index in [0.717, 1.165) is 61.2 Å². The summed E-state index contributed by atoms with van der Waals surface area (Å²) in [5.41, 5.74) is 0.178. The third-order valence-electron chi connectivity index (χ3n) is 4.90. The van der Waals surface area contributed by atoms with Gasteiger partial charge in [-0.05, 0) is 54.8 Å². The van der Waals surface area contributed by atoms with Crippen molar-refractivity contribution in [3.8, 4) is 0 Å². The van der Waals surface area contributed by atoms with Crippen molar-refractivity contribution < 1.29 is 26.3 Å². The van der Waals surface area contributed by atoms with Gasteiger partial charge in [-0.1, -0.05) is 30.7 Å². The van der Waals surface area contributed by atoms with Crippen molar-refractivity contribution in [3.63, 3.8) is 0 Å². The van der Waals surface area contributed by atoms with Crippen molar-refractivity contribution in [2.45, 2.75) is 44.2 Å². The molecule has 27 heavy (non-hydrogen) atoms. The second-order valence-corrected chi connectivity index (χ2v) is 6.80. The third-order valence-corrected chi connectivity index (χ3v) is 4.90. The Kier molecular flexibility index (Phi) is 5.51. The number of piperidine rings is 1. The standard InChI is InChI=1S/C20H19F6N/c21-19(22,23)16-8-4-14(5-9-16)13-27-12-2-1-3-18(27)15-6-10-17(11-7-15)20(24,25)26/h4-11,18H,1-3,12-13H2. The van der Waals surface area contributed by atoms with Crippen LogP contribution >= 0.6 is 0 Å². The Morgan fingerprint density at radius 1 is 0.741 bits per heavy atom. The van der Waals surface area contributed by atoms with Crippen LogP contribution in [0.15, 0.2) is 48.5 Å². The zero-order chi connectivity index (χ0) is 19.7. The number of benzene rings is 2. The minimum atomic E-state index is -4.37. The number of nitrogens with zero attached hydrogens (tertiary/aromatic N) is 1. The Labute approximate surface area is 153 Å². The van der Waals surface area contributed by atoms with E-state index in [-0.39, 0.29) is 6.04 Å². The topological polar surface area (TPSA) is 3.24 Å². The number of likely N-dealkylation sites (tertiary alicyclic amines) is 1. The molecule has 146 valence electrons. The largest absolute Gasteiger partial charge is 0.416 e. The Hall–Kier alpha value is -2.02. The van der Waals surface area contributed by atoms with E-state index in [9.17, 15) is 26.3 Å². The molecule has 0 aromatic heterocycles. The maximum Gasteiger partial charge on any atom is 0.416 e. The highest BCUT2D eigenvalue weighted by Gasteiger charge is 2.32. The molecule has 1 heterocycles. The lowest BCUT2D eigenvalue weighted by Crippen LogP contribution is -2.33. The first kappa shape index (κ1) is 19.7. The number of hydrogen-bond donors (Lipinski definition) is 0. The molecule has 0 N–H and O–H groups in total. The highest BCUT2D eigenvalue weighted by Crippen LogP contribution is 2.35. The summed E-state index contributed by atoms with van der Waals surface area (Å²) in [5, 5.41) is 0. The van der Waals surface area contributed by atoms with Gasteiger partial charge in [-0.3, -0.25) is 4.90 Å². The van der Waals surface area contributed by atoms with Crippen molar-refractivity contribution in [1.29, 1.82) is 0 Å². The van der Waals surface area contributed by atoms with E-state index >= 15 is 0 Å². The predicted molar refractivity (Wildman–Crippen MR) is 89.9 cm³/mol. The van der Waals surface area contributed by atoms with E-state index in [2.05, 4.69) is 4.90 Å². The van der Waals surface area contributed by atoms with Crippen LogP contribution in [0.4, 0.5) is 26.3 Å².